The Hall–Kier alpha value is -2.10. The van der Waals surface area contributed by atoms with Crippen LogP contribution in [0.3, 0.4) is 0 Å². The molecular formula is C26H27IN2O4. The van der Waals surface area contributed by atoms with Crippen LogP contribution < -0.4 is 10.1 Å². The molecule has 0 radical (unpaired) electrons. The third-order valence-corrected chi connectivity index (χ3v) is 9.08. The van der Waals surface area contributed by atoms with Crippen LogP contribution in [0.4, 0.5) is 0 Å². The van der Waals surface area contributed by atoms with Gasteiger partial charge in [-0.15, -0.1) is 6.58 Å². The van der Waals surface area contributed by atoms with Crippen molar-refractivity contribution < 1.29 is 19.7 Å². The summed E-state index contributed by atoms with van der Waals surface area (Å²) in [5, 5.41) is 26.2. The van der Waals surface area contributed by atoms with Crippen LogP contribution in [0.15, 0.2) is 49.1 Å². The van der Waals surface area contributed by atoms with Crippen molar-refractivity contribution in [3.8, 4) is 11.5 Å². The summed E-state index contributed by atoms with van der Waals surface area (Å²) in [6, 6.07) is 10.8. The van der Waals surface area contributed by atoms with Gasteiger partial charge in [-0.3, -0.25) is 9.69 Å². The fourth-order valence-corrected chi connectivity index (χ4v) is 7.38. The molecule has 2 bridgehead atoms. The molecule has 0 aromatic heterocycles. The van der Waals surface area contributed by atoms with E-state index in [1.807, 2.05) is 36.4 Å². The Kier molecular flexibility index (Phi) is 4.84. The van der Waals surface area contributed by atoms with E-state index < -0.39 is 17.1 Å². The SMILES string of the molecule is C=CCN1CC[C@]23c4c5ccc(O)c4OC2C(NC(=O)c2ccc(I)cc2)CC[C@@]3(O)[C@H]1C5. The zero-order valence-corrected chi connectivity index (χ0v) is 20.4. The third-order valence-electron chi connectivity index (χ3n) is 8.36. The van der Waals surface area contributed by atoms with E-state index in [2.05, 4.69) is 39.4 Å². The number of carbonyl (C=O) groups is 1. The Bertz CT molecular complexity index is 1150. The molecule has 2 heterocycles. The topological polar surface area (TPSA) is 82.0 Å². The molecule has 7 heteroatoms. The number of halogens is 1. The number of benzene rings is 2. The molecule has 33 heavy (non-hydrogen) atoms. The molecule has 2 aromatic carbocycles. The molecule has 2 fully saturated rings. The average Bonchev–Trinajstić information content (AvgIpc) is 3.15. The first-order valence-electron chi connectivity index (χ1n) is 11.5. The summed E-state index contributed by atoms with van der Waals surface area (Å²) in [4.78, 5) is 15.4. The number of nitrogens with one attached hydrogen (secondary N) is 1. The van der Waals surface area contributed by atoms with Crippen molar-refractivity contribution in [3.05, 3.63) is 69.3 Å². The molecule has 5 atom stereocenters. The Balaban J connectivity index is 1.42. The van der Waals surface area contributed by atoms with Crippen LogP contribution in [0.5, 0.6) is 11.5 Å². The van der Waals surface area contributed by atoms with Gasteiger partial charge in [0.15, 0.2) is 11.5 Å². The van der Waals surface area contributed by atoms with Gasteiger partial charge in [0.1, 0.15) is 6.10 Å². The number of ether oxygens (including phenoxy) is 1. The van der Waals surface area contributed by atoms with Gasteiger partial charge in [-0.1, -0.05) is 12.1 Å². The van der Waals surface area contributed by atoms with Crippen LogP contribution in [0.1, 0.15) is 40.7 Å². The Morgan fingerprint density at radius 1 is 1.27 bits per heavy atom. The van der Waals surface area contributed by atoms with Crippen LogP contribution in [0, 0.1) is 3.57 Å². The van der Waals surface area contributed by atoms with Gasteiger partial charge in [-0.2, -0.15) is 0 Å². The van der Waals surface area contributed by atoms with Crippen LogP contribution in [-0.4, -0.2) is 57.9 Å². The normalized spacial score (nSPS) is 33.7. The second kappa shape index (κ2) is 7.45. The molecule has 2 aliphatic heterocycles. The highest BCUT2D eigenvalue weighted by molar-refractivity contribution is 14.1. The molecule has 6 nitrogen and oxygen atoms in total. The minimum absolute atomic E-state index is 0.0498. The van der Waals surface area contributed by atoms with Crippen LogP contribution in [0.2, 0.25) is 0 Å². The van der Waals surface area contributed by atoms with Gasteiger partial charge >= 0.3 is 0 Å². The number of phenols is 1. The molecular weight excluding hydrogens is 531 g/mol. The first-order chi connectivity index (χ1) is 15.9. The number of hydrogen-bond acceptors (Lipinski definition) is 5. The number of likely N-dealkylation sites (tertiary alicyclic amines) is 1. The summed E-state index contributed by atoms with van der Waals surface area (Å²) >= 11 is 2.22. The molecule has 2 aliphatic carbocycles. The van der Waals surface area contributed by atoms with E-state index in [1.54, 1.807) is 6.07 Å². The van der Waals surface area contributed by atoms with Crippen molar-refractivity contribution in [3.63, 3.8) is 0 Å². The Morgan fingerprint density at radius 2 is 2.06 bits per heavy atom. The average molecular weight is 558 g/mol. The molecule has 1 amide bonds. The predicted molar refractivity (Wildman–Crippen MR) is 133 cm³/mol. The fourth-order valence-electron chi connectivity index (χ4n) is 7.02. The van der Waals surface area contributed by atoms with E-state index in [9.17, 15) is 15.0 Å². The highest BCUT2D eigenvalue weighted by Gasteiger charge is 2.72. The number of aliphatic hydroxyl groups is 1. The largest absolute Gasteiger partial charge is 0.504 e. The van der Waals surface area contributed by atoms with Gasteiger partial charge in [-0.25, -0.2) is 0 Å². The monoisotopic (exact) mass is 558 g/mol. The Labute approximate surface area is 206 Å². The molecule has 2 unspecified atom stereocenters. The van der Waals surface area contributed by atoms with Gasteiger partial charge in [0.25, 0.3) is 5.91 Å². The number of nitrogens with zero attached hydrogens (tertiary/aromatic N) is 1. The summed E-state index contributed by atoms with van der Waals surface area (Å²) in [5.74, 6) is 0.454. The third kappa shape index (κ3) is 2.82. The van der Waals surface area contributed by atoms with Crippen LogP contribution in [0.25, 0.3) is 0 Å². The number of amides is 1. The lowest BCUT2D eigenvalue weighted by Gasteiger charge is -2.64. The molecule has 1 saturated carbocycles. The first-order valence-corrected chi connectivity index (χ1v) is 12.6. The fraction of sp³-hybridized carbons (Fsp3) is 0.423. The maximum atomic E-state index is 13.1. The summed E-state index contributed by atoms with van der Waals surface area (Å²) in [7, 11) is 0. The molecule has 172 valence electrons. The van der Waals surface area contributed by atoms with Gasteiger partial charge in [0.05, 0.1) is 17.1 Å². The Morgan fingerprint density at radius 3 is 2.82 bits per heavy atom. The van der Waals surface area contributed by atoms with E-state index in [-0.39, 0.29) is 23.7 Å². The zero-order valence-electron chi connectivity index (χ0n) is 18.3. The molecule has 3 N–H and O–H groups in total. The standard InChI is InChI=1S/C26H27IN2O4/c1-2-12-29-13-11-25-21-16-5-8-19(30)22(21)33-23(25)18(9-10-26(25,32)20(29)14-16)28-24(31)15-3-6-17(27)7-4-15/h2-8,18,20,23,30,32H,1,9-14H2,(H,28,31)/t18?,20-,23?,25+,26-/m1/s1. The summed E-state index contributed by atoms with van der Waals surface area (Å²) in [6.07, 6.45) is 4.07. The number of carbonyl (C=O) groups excluding carboxylic acids is 1. The number of aromatic hydroxyl groups is 1. The molecule has 2 aromatic rings. The zero-order chi connectivity index (χ0) is 23.0. The second-order valence-corrected chi connectivity index (χ2v) is 11.0. The van der Waals surface area contributed by atoms with E-state index >= 15 is 0 Å². The second-order valence-electron chi connectivity index (χ2n) is 9.76. The van der Waals surface area contributed by atoms with Gasteiger partial charge in [0, 0.05) is 27.3 Å². The summed E-state index contributed by atoms with van der Waals surface area (Å²) in [6.45, 7) is 5.45. The molecule has 1 spiro atoms. The number of phenolic OH excluding ortho intramolecular Hbond substituents is 1. The minimum Gasteiger partial charge on any atom is -0.504 e. The summed E-state index contributed by atoms with van der Waals surface area (Å²) in [5.41, 5.74) is 1.04. The number of hydrogen-bond donors (Lipinski definition) is 3. The van der Waals surface area contributed by atoms with E-state index in [0.29, 0.717) is 37.0 Å². The van der Waals surface area contributed by atoms with Crippen molar-refractivity contribution in [2.75, 3.05) is 13.1 Å². The lowest BCUT2D eigenvalue weighted by molar-refractivity contribution is -0.188. The molecule has 6 rings (SSSR count). The lowest BCUT2D eigenvalue weighted by atomic mass is 9.48. The number of piperidine rings is 1. The van der Waals surface area contributed by atoms with Crippen molar-refractivity contribution >= 4 is 28.5 Å². The van der Waals surface area contributed by atoms with Gasteiger partial charge in [-0.05, 0) is 90.7 Å². The van der Waals surface area contributed by atoms with E-state index in [1.165, 1.54) is 0 Å². The maximum absolute atomic E-state index is 13.1. The highest BCUT2D eigenvalue weighted by Crippen LogP contribution is 2.65. The summed E-state index contributed by atoms with van der Waals surface area (Å²) < 4.78 is 7.55. The lowest BCUT2D eigenvalue weighted by Crippen LogP contribution is -2.78. The van der Waals surface area contributed by atoms with Gasteiger partial charge < -0.3 is 20.3 Å². The van der Waals surface area contributed by atoms with Crippen LogP contribution in [-0.2, 0) is 11.8 Å². The van der Waals surface area contributed by atoms with Crippen molar-refractivity contribution in [2.45, 2.75) is 54.9 Å². The highest BCUT2D eigenvalue weighted by atomic mass is 127. The maximum Gasteiger partial charge on any atom is 0.251 e. The molecule has 1 saturated heterocycles. The van der Waals surface area contributed by atoms with Crippen molar-refractivity contribution in [2.24, 2.45) is 0 Å². The van der Waals surface area contributed by atoms with E-state index in [0.717, 1.165) is 27.8 Å². The first kappa shape index (κ1) is 21.4. The van der Waals surface area contributed by atoms with Crippen molar-refractivity contribution in [1.29, 1.82) is 0 Å². The van der Waals surface area contributed by atoms with Crippen LogP contribution >= 0.6 is 22.6 Å². The smallest absolute Gasteiger partial charge is 0.251 e. The molecule has 4 aliphatic rings. The van der Waals surface area contributed by atoms with Gasteiger partial charge in [0.2, 0.25) is 0 Å². The number of rotatable bonds is 4. The minimum atomic E-state index is -0.991. The van der Waals surface area contributed by atoms with Crippen molar-refractivity contribution in [1.82, 2.24) is 10.2 Å². The quantitative estimate of drug-likeness (QED) is 0.397. The predicted octanol–water partition coefficient (Wildman–Crippen LogP) is 3.14. The van der Waals surface area contributed by atoms with E-state index in [4.69, 9.17) is 4.74 Å².